The van der Waals surface area contributed by atoms with E-state index in [1.165, 1.54) is 0 Å². The summed E-state index contributed by atoms with van der Waals surface area (Å²) in [5.41, 5.74) is 0.532. The number of aromatic nitrogens is 3. The third-order valence-corrected chi connectivity index (χ3v) is 7.19. The van der Waals surface area contributed by atoms with Crippen LogP contribution in [0.3, 0.4) is 0 Å². The lowest BCUT2D eigenvalue weighted by Crippen LogP contribution is -2.41. The third kappa shape index (κ3) is 4.40. The molecule has 3 rings (SSSR count). The van der Waals surface area contributed by atoms with Crippen molar-refractivity contribution in [3.05, 3.63) is 17.3 Å². The van der Waals surface area contributed by atoms with Gasteiger partial charge in [-0.25, -0.2) is 9.67 Å². The quantitative estimate of drug-likeness (QED) is 0.413. The van der Waals surface area contributed by atoms with Gasteiger partial charge >= 0.3 is 7.12 Å². The third-order valence-electron chi connectivity index (χ3n) is 5.28. The second-order valence-electron chi connectivity index (χ2n) is 9.33. The molecule has 0 amide bonds. The Kier molecular flexibility index (Phi) is 5.51. The monoisotopic (exact) mass is 409 g/mol. The Labute approximate surface area is 167 Å². The van der Waals surface area contributed by atoms with Gasteiger partial charge in [-0.1, -0.05) is 31.2 Å². The summed E-state index contributed by atoms with van der Waals surface area (Å²) in [5, 5.41) is 6.00. The van der Waals surface area contributed by atoms with Crippen LogP contribution in [0, 0.1) is 0 Å². The highest BCUT2D eigenvalue weighted by Gasteiger charge is 2.53. The van der Waals surface area contributed by atoms with Crippen LogP contribution in [0.2, 0.25) is 30.8 Å². The summed E-state index contributed by atoms with van der Waals surface area (Å²) < 4.78 is 20.0. The molecule has 2 aromatic rings. The summed E-state index contributed by atoms with van der Waals surface area (Å²) in [5.74, 6) is 0. The Morgan fingerprint density at radius 1 is 1.15 bits per heavy atom. The molecule has 1 aliphatic heterocycles. The zero-order chi connectivity index (χ0) is 20.0. The highest BCUT2D eigenvalue weighted by atomic mass is 35.5. The predicted octanol–water partition coefficient (Wildman–Crippen LogP) is 3.70. The van der Waals surface area contributed by atoms with Crippen molar-refractivity contribution in [3.63, 3.8) is 0 Å². The molecule has 0 radical (unpaired) electrons. The first-order chi connectivity index (χ1) is 12.4. The number of rotatable bonds is 6. The molecule has 0 atom stereocenters. The largest absolute Gasteiger partial charge is 0.517 e. The fraction of sp³-hybridized carbons (Fsp3) is 0.667. The maximum absolute atomic E-state index is 6.18. The second kappa shape index (κ2) is 7.15. The Hall–Kier alpha value is -0.928. The molecule has 9 heteroatoms. The van der Waals surface area contributed by atoms with Crippen molar-refractivity contribution >= 4 is 43.4 Å². The highest BCUT2D eigenvalue weighted by Crippen LogP contribution is 2.36. The van der Waals surface area contributed by atoms with Gasteiger partial charge in [0, 0.05) is 20.1 Å². The SMILES string of the molecule is CC1(C)OB(c2nn(COCC[Si](C)(C)C)c3nc(Cl)ccc23)OC1(C)C. The smallest absolute Gasteiger partial charge is 0.398 e. The zero-order valence-corrected chi connectivity index (χ0v) is 19.1. The van der Waals surface area contributed by atoms with Gasteiger partial charge in [-0.05, 0) is 45.9 Å². The molecular formula is C18H29BClN3O3Si. The summed E-state index contributed by atoms with van der Waals surface area (Å²) in [6.45, 7) is 16.1. The molecule has 3 heterocycles. The molecule has 1 aliphatic rings. The average Bonchev–Trinajstić information content (AvgIpc) is 2.97. The number of fused-ring (bicyclic) bond motifs is 1. The number of pyridine rings is 1. The summed E-state index contributed by atoms with van der Waals surface area (Å²) in [4.78, 5) is 4.45. The van der Waals surface area contributed by atoms with Crippen LogP contribution in [0.15, 0.2) is 12.1 Å². The van der Waals surface area contributed by atoms with E-state index in [4.69, 9.17) is 30.7 Å². The Bertz CT molecular complexity index is 819. The van der Waals surface area contributed by atoms with Crippen molar-refractivity contribution in [3.8, 4) is 0 Å². The second-order valence-corrected chi connectivity index (χ2v) is 15.3. The van der Waals surface area contributed by atoms with Gasteiger partial charge in [0.2, 0.25) is 0 Å². The molecule has 0 unspecified atom stereocenters. The maximum Gasteiger partial charge on any atom is 0.517 e. The van der Waals surface area contributed by atoms with Crippen molar-refractivity contribution in [2.75, 3.05) is 6.61 Å². The van der Waals surface area contributed by atoms with Gasteiger partial charge in [0.1, 0.15) is 17.5 Å². The van der Waals surface area contributed by atoms with Gasteiger partial charge in [0.15, 0.2) is 5.65 Å². The van der Waals surface area contributed by atoms with Gasteiger partial charge in [0.25, 0.3) is 0 Å². The summed E-state index contributed by atoms with van der Waals surface area (Å²) >= 11 is 6.12. The fourth-order valence-corrected chi connectivity index (χ4v) is 3.70. The molecule has 0 aromatic carbocycles. The van der Waals surface area contributed by atoms with E-state index in [1.54, 1.807) is 10.7 Å². The van der Waals surface area contributed by atoms with Gasteiger partial charge in [0.05, 0.1) is 11.2 Å². The molecule has 0 N–H and O–H groups in total. The van der Waals surface area contributed by atoms with Gasteiger partial charge < -0.3 is 14.0 Å². The Morgan fingerprint density at radius 3 is 2.37 bits per heavy atom. The summed E-state index contributed by atoms with van der Waals surface area (Å²) in [7, 11) is -1.69. The lowest BCUT2D eigenvalue weighted by atomic mass is 9.83. The Balaban J connectivity index is 1.87. The molecular weight excluding hydrogens is 381 g/mol. The first kappa shape index (κ1) is 20.8. The fourth-order valence-electron chi connectivity index (χ4n) is 2.80. The van der Waals surface area contributed by atoms with Gasteiger partial charge in [-0.3, -0.25) is 0 Å². The van der Waals surface area contributed by atoms with E-state index in [0.29, 0.717) is 29.7 Å². The van der Waals surface area contributed by atoms with Gasteiger partial charge in [-0.15, -0.1) is 0 Å². The molecule has 2 aromatic heterocycles. The first-order valence-electron chi connectivity index (χ1n) is 9.36. The molecule has 148 valence electrons. The number of hydrogen-bond acceptors (Lipinski definition) is 5. The van der Waals surface area contributed by atoms with E-state index >= 15 is 0 Å². The van der Waals surface area contributed by atoms with Crippen molar-refractivity contribution in [2.24, 2.45) is 0 Å². The van der Waals surface area contributed by atoms with Crippen LogP contribution in [0.4, 0.5) is 0 Å². The van der Waals surface area contributed by atoms with E-state index in [1.807, 2.05) is 33.8 Å². The minimum Gasteiger partial charge on any atom is -0.398 e. The topological polar surface area (TPSA) is 58.4 Å². The van der Waals surface area contributed by atoms with Crippen LogP contribution >= 0.6 is 11.6 Å². The van der Waals surface area contributed by atoms with Crippen LogP contribution in [-0.4, -0.2) is 47.8 Å². The summed E-state index contributed by atoms with van der Waals surface area (Å²) in [6, 6.07) is 4.78. The van der Waals surface area contributed by atoms with E-state index < -0.39 is 26.4 Å². The number of ether oxygens (including phenoxy) is 1. The molecule has 0 spiro atoms. The molecule has 0 aliphatic carbocycles. The minimum absolute atomic E-state index is 0.327. The number of halogens is 1. The van der Waals surface area contributed by atoms with E-state index in [9.17, 15) is 0 Å². The minimum atomic E-state index is -1.14. The average molecular weight is 410 g/mol. The van der Waals surface area contributed by atoms with Gasteiger partial charge in [-0.2, -0.15) is 5.10 Å². The highest BCUT2D eigenvalue weighted by molar-refractivity contribution is 6.76. The van der Waals surface area contributed by atoms with Crippen molar-refractivity contribution < 1.29 is 14.0 Å². The molecule has 1 saturated heterocycles. The molecule has 6 nitrogen and oxygen atoms in total. The lowest BCUT2D eigenvalue weighted by Gasteiger charge is -2.32. The van der Waals surface area contributed by atoms with Crippen molar-refractivity contribution in [1.29, 1.82) is 0 Å². The number of hydrogen-bond donors (Lipinski definition) is 0. The number of nitrogens with zero attached hydrogens (tertiary/aromatic N) is 3. The lowest BCUT2D eigenvalue weighted by molar-refractivity contribution is 0.00578. The summed E-state index contributed by atoms with van der Waals surface area (Å²) in [6.07, 6.45) is 0. The Morgan fingerprint density at radius 2 is 1.78 bits per heavy atom. The zero-order valence-electron chi connectivity index (χ0n) is 17.3. The van der Waals surface area contributed by atoms with E-state index in [-0.39, 0.29) is 0 Å². The molecule has 0 saturated carbocycles. The van der Waals surface area contributed by atoms with Crippen LogP contribution in [0.1, 0.15) is 27.7 Å². The van der Waals surface area contributed by atoms with Crippen LogP contribution in [0.5, 0.6) is 0 Å². The van der Waals surface area contributed by atoms with Crippen molar-refractivity contribution in [1.82, 2.24) is 14.8 Å². The predicted molar refractivity (Wildman–Crippen MR) is 112 cm³/mol. The van der Waals surface area contributed by atoms with E-state index in [2.05, 4.69) is 24.6 Å². The molecule has 27 heavy (non-hydrogen) atoms. The van der Waals surface area contributed by atoms with Crippen LogP contribution < -0.4 is 5.59 Å². The normalized spacial score (nSPS) is 19.2. The van der Waals surface area contributed by atoms with E-state index in [0.717, 1.165) is 11.4 Å². The standard InChI is InChI=1S/C18H29BClN3O3Si/c1-17(2)18(3,4)26-19(25-17)15-13-8-9-14(20)21-16(13)23(22-15)12-24-10-11-27(5,6)7/h8-9H,10-12H2,1-7H3. The molecule has 1 fully saturated rings. The van der Waals surface area contributed by atoms with Crippen LogP contribution in [0.25, 0.3) is 11.0 Å². The van der Waals surface area contributed by atoms with Crippen molar-refractivity contribution in [2.45, 2.75) is 71.3 Å². The maximum atomic E-state index is 6.18. The molecule has 0 bridgehead atoms. The van der Waals surface area contributed by atoms with Crippen LogP contribution in [-0.2, 0) is 20.8 Å². The first-order valence-corrected chi connectivity index (χ1v) is 13.4.